The first-order chi connectivity index (χ1) is 16.7. The minimum atomic E-state index is -1.05. The minimum Gasteiger partial charge on any atom is -0.394 e. The first-order valence-corrected chi connectivity index (χ1v) is 13.1. The lowest BCUT2D eigenvalue weighted by Gasteiger charge is -2.41. The molecule has 3 aliphatic rings. The molecule has 0 saturated carbocycles. The van der Waals surface area contributed by atoms with Crippen molar-refractivity contribution in [3.63, 3.8) is 0 Å². The zero-order valence-electron chi connectivity index (χ0n) is 21.8. The van der Waals surface area contributed by atoms with Crippen LogP contribution in [0.5, 0.6) is 0 Å². The van der Waals surface area contributed by atoms with Gasteiger partial charge in [-0.3, -0.25) is 14.4 Å². The molecular weight excluding hydrogens is 446 g/mol. The van der Waals surface area contributed by atoms with E-state index in [4.69, 9.17) is 4.74 Å². The molecule has 196 valence electrons. The number of fused-ring (bicyclic) bond motifs is 1. The van der Waals surface area contributed by atoms with E-state index in [9.17, 15) is 19.5 Å². The van der Waals surface area contributed by atoms with Gasteiger partial charge in [-0.2, -0.15) is 0 Å². The van der Waals surface area contributed by atoms with Crippen molar-refractivity contribution < 1.29 is 24.2 Å². The van der Waals surface area contributed by atoms with E-state index in [0.29, 0.717) is 32.5 Å². The molecule has 0 aromatic heterocycles. The summed E-state index contributed by atoms with van der Waals surface area (Å²) in [4.78, 5) is 46.7. The summed E-state index contributed by atoms with van der Waals surface area (Å²) >= 11 is 0. The zero-order valence-corrected chi connectivity index (χ0v) is 21.8. The smallest absolute Gasteiger partial charge is 0.248 e. The van der Waals surface area contributed by atoms with Gasteiger partial charge in [0.25, 0.3) is 0 Å². The van der Waals surface area contributed by atoms with Gasteiger partial charge in [-0.25, -0.2) is 0 Å². The number of ether oxygens (including phenoxy) is 1. The Kier molecular flexibility index (Phi) is 8.81. The highest BCUT2D eigenvalue weighted by Crippen LogP contribution is 2.59. The van der Waals surface area contributed by atoms with Crippen molar-refractivity contribution in [1.82, 2.24) is 14.7 Å². The summed E-state index contributed by atoms with van der Waals surface area (Å²) in [6, 6.07) is -1.39. The topological polar surface area (TPSA) is 90.4 Å². The average molecular weight is 490 g/mol. The number of aliphatic hydroxyl groups is 1. The maximum absolute atomic E-state index is 14.2. The predicted octanol–water partition coefficient (Wildman–Crippen LogP) is 2.23. The van der Waals surface area contributed by atoms with Crippen LogP contribution in [0, 0.1) is 17.8 Å². The molecular formula is C27H43N3O5. The SMILES string of the molecule is C=CCN(C)C(=O)[C@@H]1[C@H]2C(=O)N([C@@H](CO)[C@@H](C)CC)C(C(=O)N(CC=C)CCCC)C23CC[C@H]1O3. The Hall–Kier alpha value is -2.19. The van der Waals surface area contributed by atoms with Gasteiger partial charge in [-0.15, -0.1) is 13.2 Å². The second kappa shape index (κ2) is 11.2. The molecule has 0 aromatic carbocycles. The summed E-state index contributed by atoms with van der Waals surface area (Å²) in [7, 11) is 1.70. The molecule has 3 rings (SSSR count). The van der Waals surface area contributed by atoms with Gasteiger partial charge in [0.15, 0.2) is 0 Å². The summed E-state index contributed by atoms with van der Waals surface area (Å²) in [6.45, 7) is 14.7. The average Bonchev–Trinajstić information content (AvgIpc) is 3.49. The second-order valence-electron chi connectivity index (χ2n) is 10.4. The lowest BCUT2D eigenvalue weighted by Crippen LogP contribution is -2.59. The third-order valence-electron chi connectivity index (χ3n) is 8.32. The van der Waals surface area contributed by atoms with E-state index in [1.807, 2.05) is 13.8 Å². The van der Waals surface area contributed by atoms with E-state index in [0.717, 1.165) is 19.3 Å². The summed E-state index contributed by atoms with van der Waals surface area (Å²) in [5, 5.41) is 10.4. The lowest BCUT2D eigenvalue weighted by molar-refractivity contribution is -0.153. The summed E-state index contributed by atoms with van der Waals surface area (Å²) in [6.07, 6.45) is 6.65. The van der Waals surface area contributed by atoms with Crippen LogP contribution < -0.4 is 0 Å². The molecule has 2 bridgehead atoms. The van der Waals surface area contributed by atoms with Crippen LogP contribution in [-0.4, -0.2) is 94.6 Å². The zero-order chi connectivity index (χ0) is 25.9. The van der Waals surface area contributed by atoms with E-state index >= 15 is 0 Å². The second-order valence-corrected chi connectivity index (χ2v) is 10.4. The molecule has 3 saturated heterocycles. The minimum absolute atomic E-state index is 0.0206. The number of nitrogens with zero attached hydrogens (tertiary/aromatic N) is 3. The van der Waals surface area contributed by atoms with E-state index < -0.39 is 29.5 Å². The first kappa shape index (κ1) is 27.4. The number of amides is 3. The van der Waals surface area contributed by atoms with Crippen LogP contribution in [-0.2, 0) is 19.1 Å². The van der Waals surface area contributed by atoms with Crippen molar-refractivity contribution in [2.45, 2.75) is 76.7 Å². The number of hydrogen-bond acceptors (Lipinski definition) is 5. The Morgan fingerprint density at radius 2 is 1.94 bits per heavy atom. The number of carbonyl (C=O) groups excluding carboxylic acids is 3. The van der Waals surface area contributed by atoms with Crippen LogP contribution in [0.15, 0.2) is 25.3 Å². The van der Waals surface area contributed by atoms with Crippen LogP contribution in [0.2, 0.25) is 0 Å². The van der Waals surface area contributed by atoms with Crippen LogP contribution in [0.4, 0.5) is 0 Å². The number of likely N-dealkylation sites (tertiary alicyclic amines) is 1. The van der Waals surface area contributed by atoms with E-state index in [1.54, 1.807) is 33.9 Å². The van der Waals surface area contributed by atoms with Crippen LogP contribution in [0.1, 0.15) is 52.9 Å². The molecule has 8 nitrogen and oxygen atoms in total. The fourth-order valence-corrected chi connectivity index (χ4v) is 6.33. The van der Waals surface area contributed by atoms with Gasteiger partial charge in [0.1, 0.15) is 11.6 Å². The Morgan fingerprint density at radius 3 is 2.51 bits per heavy atom. The van der Waals surface area contributed by atoms with E-state index in [-0.39, 0.29) is 36.4 Å². The molecule has 0 radical (unpaired) electrons. The van der Waals surface area contributed by atoms with Crippen molar-refractivity contribution in [2.24, 2.45) is 17.8 Å². The third kappa shape index (κ3) is 4.55. The molecule has 1 N–H and O–H groups in total. The standard InChI is InChI=1S/C27H43N3O5/c1-7-11-16-29(15-9-3)26(34)23-27-13-12-20(35-27)21(24(32)28(6)14-8-2)22(27)25(33)30(23)19(17-31)18(5)10-4/h8-9,18-23,31H,2-3,7,10-17H2,1,4-6H3/t18-,19-,20+,21-,22-,23?,27?/m0/s1. The maximum Gasteiger partial charge on any atom is 0.248 e. The molecule has 3 amide bonds. The van der Waals surface area contributed by atoms with Gasteiger partial charge in [0, 0.05) is 26.7 Å². The molecule has 3 fully saturated rings. The van der Waals surface area contributed by atoms with Crippen molar-refractivity contribution >= 4 is 17.7 Å². The molecule has 8 heteroatoms. The van der Waals surface area contributed by atoms with Crippen LogP contribution in [0.25, 0.3) is 0 Å². The van der Waals surface area contributed by atoms with Crippen molar-refractivity contribution in [1.29, 1.82) is 0 Å². The third-order valence-corrected chi connectivity index (χ3v) is 8.32. The van der Waals surface area contributed by atoms with Gasteiger partial charge in [0.05, 0.1) is 30.6 Å². The van der Waals surface area contributed by atoms with Gasteiger partial charge in [-0.05, 0) is 25.2 Å². The lowest BCUT2D eigenvalue weighted by atomic mass is 9.70. The molecule has 7 atom stereocenters. The molecule has 35 heavy (non-hydrogen) atoms. The van der Waals surface area contributed by atoms with Crippen LogP contribution in [0.3, 0.4) is 0 Å². The highest BCUT2D eigenvalue weighted by atomic mass is 16.5. The molecule has 2 unspecified atom stereocenters. The van der Waals surface area contributed by atoms with Crippen LogP contribution >= 0.6 is 0 Å². The number of likely N-dealkylation sites (N-methyl/N-ethyl adjacent to an activating group) is 1. The summed E-state index contributed by atoms with van der Waals surface area (Å²) in [5.41, 5.74) is -1.05. The largest absolute Gasteiger partial charge is 0.394 e. The summed E-state index contributed by atoms with van der Waals surface area (Å²) < 4.78 is 6.53. The number of carbonyl (C=O) groups is 3. The number of aliphatic hydroxyl groups excluding tert-OH is 1. The maximum atomic E-state index is 14.2. The predicted molar refractivity (Wildman–Crippen MR) is 134 cm³/mol. The molecule has 1 spiro atoms. The molecule has 3 aliphatic heterocycles. The molecule has 3 heterocycles. The van der Waals surface area contributed by atoms with Crippen molar-refractivity contribution in [2.75, 3.05) is 33.3 Å². The number of hydrogen-bond donors (Lipinski definition) is 1. The molecule has 0 aromatic rings. The Bertz CT molecular complexity index is 832. The van der Waals surface area contributed by atoms with E-state index in [1.165, 1.54) is 0 Å². The highest BCUT2D eigenvalue weighted by Gasteiger charge is 2.75. The Morgan fingerprint density at radius 1 is 1.26 bits per heavy atom. The summed E-state index contributed by atoms with van der Waals surface area (Å²) in [5.74, 6) is -1.96. The Balaban J connectivity index is 2.09. The fraction of sp³-hybridized carbons (Fsp3) is 0.741. The fourth-order valence-electron chi connectivity index (χ4n) is 6.33. The van der Waals surface area contributed by atoms with Gasteiger partial charge in [0.2, 0.25) is 17.7 Å². The van der Waals surface area contributed by atoms with Crippen molar-refractivity contribution in [3.05, 3.63) is 25.3 Å². The van der Waals surface area contributed by atoms with Gasteiger partial charge in [-0.1, -0.05) is 45.8 Å². The first-order valence-electron chi connectivity index (χ1n) is 13.1. The van der Waals surface area contributed by atoms with E-state index in [2.05, 4.69) is 20.1 Å². The Labute approximate surface area is 210 Å². The quantitative estimate of drug-likeness (QED) is 0.401. The number of unbranched alkanes of at least 4 members (excludes halogenated alkanes) is 1. The monoisotopic (exact) mass is 489 g/mol. The normalized spacial score (nSPS) is 30.7. The highest BCUT2D eigenvalue weighted by molar-refractivity contribution is 5.99. The van der Waals surface area contributed by atoms with Gasteiger partial charge >= 0.3 is 0 Å². The van der Waals surface area contributed by atoms with Gasteiger partial charge < -0.3 is 24.5 Å². The number of rotatable bonds is 13. The van der Waals surface area contributed by atoms with Crippen molar-refractivity contribution in [3.8, 4) is 0 Å². The molecule has 0 aliphatic carbocycles.